The molecule has 1 saturated carbocycles. The molecule has 0 spiro atoms. The van der Waals surface area contributed by atoms with Gasteiger partial charge < -0.3 is 15.1 Å². The number of nitrogens with one attached hydrogen (secondary N) is 2. The van der Waals surface area contributed by atoms with E-state index in [1.165, 1.54) is 6.42 Å². The van der Waals surface area contributed by atoms with Gasteiger partial charge in [-0.15, -0.1) is 0 Å². The summed E-state index contributed by atoms with van der Waals surface area (Å²) in [5.41, 5.74) is 3.51. The van der Waals surface area contributed by atoms with E-state index < -0.39 is 0 Å². The third kappa shape index (κ3) is 3.87. The average molecular weight is 349 g/mol. The van der Waals surface area contributed by atoms with Gasteiger partial charge >= 0.3 is 0 Å². The zero-order chi connectivity index (χ0) is 17.8. The van der Waals surface area contributed by atoms with Gasteiger partial charge in [-0.2, -0.15) is 4.98 Å². The van der Waals surface area contributed by atoms with Crippen molar-refractivity contribution in [1.29, 1.82) is 0 Å². The lowest BCUT2D eigenvalue weighted by atomic mass is 9.88. The Morgan fingerprint density at radius 2 is 1.92 bits per heavy atom. The molecule has 0 radical (unpaired) electrons. The highest BCUT2D eigenvalue weighted by atomic mass is 16.4. The summed E-state index contributed by atoms with van der Waals surface area (Å²) in [6, 6.07) is 16.1. The SMILES string of the molecule is O=C(Nc1cccc(CNc2nc3ccccc3o2)c1)C1CCCCC1. The molecule has 1 aliphatic carbocycles. The van der Waals surface area contributed by atoms with Crippen molar-refractivity contribution in [2.75, 3.05) is 10.6 Å². The predicted octanol–water partition coefficient (Wildman–Crippen LogP) is 4.96. The van der Waals surface area contributed by atoms with Gasteiger partial charge in [0.05, 0.1) is 0 Å². The van der Waals surface area contributed by atoms with Crippen LogP contribution in [0.15, 0.2) is 52.9 Å². The zero-order valence-corrected chi connectivity index (χ0v) is 14.7. The monoisotopic (exact) mass is 349 g/mol. The Morgan fingerprint density at radius 1 is 1.08 bits per heavy atom. The number of benzene rings is 2. The van der Waals surface area contributed by atoms with Crippen LogP contribution >= 0.6 is 0 Å². The van der Waals surface area contributed by atoms with Gasteiger partial charge in [0.2, 0.25) is 5.91 Å². The average Bonchev–Trinajstić information content (AvgIpc) is 3.10. The lowest BCUT2D eigenvalue weighted by Crippen LogP contribution is -2.24. The molecule has 3 aromatic rings. The number of nitrogens with zero attached hydrogens (tertiary/aromatic N) is 1. The molecule has 0 atom stereocenters. The maximum Gasteiger partial charge on any atom is 0.295 e. The molecule has 134 valence electrons. The molecule has 0 saturated heterocycles. The molecule has 0 unspecified atom stereocenters. The fourth-order valence-electron chi connectivity index (χ4n) is 3.49. The highest BCUT2D eigenvalue weighted by molar-refractivity contribution is 5.92. The van der Waals surface area contributed by atoms with E-state index in [1.54, 1.807) is 0 Å². The lowest BCUT2D eigenvalue weighted by molar-refractivity contribution is -0.120. The first-order valence-corrected chi connectivity index (χ1v) is 9.27. The topological polar surface area (TPSA) is 67.2 Å². The minimum absolute atomic E-state index is 0.147. The van der Waals surface area contributed by atoms with Crippen LogP contribution in [0.4, 0.5) is 11.7 Å². The van der Waals surface area contributed by atoms with Crippen molar-refractivity contribution in [3.05, 3.63) is 54.1 Å². The molecule has 1 fully saturated rings. The third-order valence-corrected chi connectivity index (χ3v) is 4.91. The van der Waals surface area contributed by atoms with E-state index in [0.717, 1.165) is 48.0 Å². The van der Waals surface area contributed by atoms with Crippen LogP contribution in [0, 0.1) is 5.92 Å². The van der Waals surface area contributed by atoms with Crippen molar-refractivity contribution in [3.63, 3.8) is 0 Å². The summed E-state index contributed by atoms with van der Waals surface area (Å²) in [4.78, 5) is 16.8. The number of rotatable bonds is 5. The zero-order valence-electron chi connectivity index (χ0n) is 14.7. The van der Waals surface area contributed by atoms with Crippen molar-refractivity contribution in [2.24, 2.45) is 5.92 Å². The second-order valence-corrected chi connectivity index (χ2v) is 6.86. The Kier molecular flexibility index (Phi) is 4.86. The van der Waals surface area contributed by atoms with Gasteiger partial charge in [0, 0.05) is 18.2 Å². The quantitative estimate of drug-likeness (QED) is 0.683. The van der Waals surface area contributed by atoms with E-state index in [-0.39, 0.29) is 11.8 Å². The van der Waals surface area contributed by atoms with Gasteiger partial charge in [0.25, 0.3) is 6.01 Å². The number of fused-ring (bicyclic) bond motifs is 1. The predicted molar refractivity (Wildman–Crippen MR) is 103 cm³/mol. The van der Waals surface area contributed by atoms with Crippen LogP contribution in [0.1, 0.15) is 37.7 Å². The minimum Gasteiger partial charge on any atom is -0.424 e. The molecule has 1 amide bonds. The highest BCUT2D eigenvalue weighted by Crippen LogP contribution is 2.25. The molecule has 1 heterocycles. The molecule has 0 aliphatic heterocycles. The van der Waals surface area contributed by atoms with E-state index in [9.17, 15) is 4.79 Å². The minimum atomic E-state index is 0.147. The number of anilines is 2. The van der Waals surface area contributed by atoms with E-state index in [4.69, 9.17) is 4.42 Å². The first kappa shape index (κ1) is 16.6. The summed E-state index contributed by atoms with van der Waals surface area (Å²) in [5, 5.41) is 6.27. The van der Waals surface area contributed by atoms with Crippen molar-refractivity contribution in [2.45, 2.75) is 38.6 Å². The van der Waals surface area contributed by atoms with Gasteiger partial charge in [0.15, 0.2) is 5.58 Å². The first-order valence-electron chi connectivity index (χ1n) is 9.27. The molecular formula is C21H23N3O2. The molecule has 5 nitrogen and oxygen atoms in total. The summed E-state index contributed by atoms with van der Waals surface area (Å²) in [6.07, 6.45) is 5.58. The summed E-state index contributed by atoms with van der Waals surface area (Å²) in [6.45, 7) is 0.583. The number of hydrogen-bond donors (Lipinski definition) is 2. The number of hydrogen-bond acceptors (Lipinski definition) is 4. The van der Waals surface area contributed by atoms with Gasteiger partial charge in [-0.3, -0.25) is 4.79 Å². The van der Waals surface area contributed by atoms with E-state index in [0.29, 0.717) is 12.6 Å². The van der Waals surface area contributed by atoms with E-state index >= 15 is 0 Å². The van der Waals surface area contributed by atoms with Crippen LogP contribution in [-0.4, -0.2) is 10.9 Å². The van der Waals surface area contributed by atoms with E-state index in [2.05, 4.69) is 15.6 Å². The largest absolute Gasteiger partial charge is 0.424 e. The number of carbonyl (C=O) groups excluding carboxylic acids is 1. The fourth-order valence-corrected chi connectivity index (χ4v) is 3.49. The summed E-state index contributed by atoms with van der Waals surface area (Å²) in [5.74, 6) is 0.305. The van der Waals surface area contributed by atoms with Gasteiger partial charge in [-0.05, 0) is 42.7 Å². The fraction of sp³-hybridized carbons (Fsp3) is 0.333. The second kappa shape index (κ2) is 7.60. The van der Waals surface area contributed by atoms with Crippen LogP contribution in [0.3, 0.4) is 0 Å². The summed E-state index contributed by atoms with van der Waals surface area (Å²) >= 11 is 0. The van der Waals surface area contributed by atoms with Crippen molar-refractivity contribution >= 4 is 28.7 Å². The number of aromatic nitrogens is 1. The Bertz CT molecular complexity index is 864. The smallest absolute Gasteiger partial charge is 0.295 e. The van der Waals surface area contributed by atoms with Crippen molar-refractivity contribution in [1.82, 2.24) is 4.98 Å². The molecule has 5 heteroatoms. The first-order chi connectivity index (χ1) is 12.8. The summed E-state index contributed by atoms with van der Waals surface area (Å²) in [7, 11) is 0. The molecule has 2 aromatic carbocycles. The maximum absolute atomic E-state index is 12.4. The third-order valence-electron chi connectivity index (χ3n) is 4.91. The van der Waals surface area contributed by atoms with Gasteiger partial charge in [0.1, 0.15) is 5.52 Å². The van der Waals surface area contributed by atoms with Crippen LogP contribution in [-0.2, 0) is 11.3 Å². The van der Waals surface area contributed by atoms with Crippen LogP contribution < -0.4 is 10.6 Å². The Hall–Kier alpha value is -2.82. The van der Waals surface area contributed by atoms with Gasteiger partial charge in [-0.25, -0.2) is 0 Å². The molecule has 1 aliphatic rings. The highest BCUT2D eigenvalue weighted by Gasteiger charge is 2.21. The molecule has 26 heavy (non-hydrogen) atoms. The van der Waals surface area contributed by atoms with Crippen LogP contribution in [0.5, 0.6) is 0 Å². The number of oxazole rings is 1. The standard InChI is InChI=1S/C21H23N3O2/c25-20(16-8-2-1-3-9-16)23-17-10-6-7-15(13-17)14-22-21-24-18-11-4-5-12-19(18)26-21/h4-7,10-13,16H,1-3,8-9,14H2,(H,22,24)(H,23,25). The molecule has 4 rings (SSSR count). The Morgan fingerprint density at radius 3 is 2.77 bits per heavy atom. The van der Waals surface area contributed by atoms with E-state index in [1.807, 2.05) is 48.5 Å². The van der Waals surface area contributed by atoms with Crippen molar-refractivity contribution < 1.29 is 9.21 Å². The Labute approximate surface area is 152 Å². The number of carbonyl (C=O) groups is 1. The second-order valence-electron chi connectivity index (χ2n) is 6.86. The number of amides is 1. The van der Waals surface area contributed by atoms with Crippen LogP contribution in [0.2, 0.25) is 0 Å². The Balaban J connectivity index is 1.38. The number of para-hydroxylation sites is 2. The maximum atomic E-state index is 12.4. The van der Waals surface area contributed by atoms with Crippen molar-refractivity contribution in [3.8, 4) is 0 Å². The molecule has 1 aromatic heterocycles. The molecule has 0 bridgehead atoms. The molecular weight excluding hydrogens is 326 g/mol. The lowest BCUT2D eigenvalue weighted by Gasteiger charge is -2.20. The molecule has 2 N–H and O–H groups in total. The van der Waals surface area contributed by atoms with Gasteiger partial charge in [-0.1, -0.05) is 43.5 Å². The normalized spacial score (nSPS) is 15.1. The summed E-state index contributed by atoms with van der Waals surface area (Å²) < 4.78 is 5.67. The van der Waals surface area contributed by atoms with Crippen LogP contribution in [0.25, 0.3) is 11.1 Å².